The van der Waals surface area contributed by atoms with E-state index in [1.54, 1.807) is 7.05 Å². The van der Waals surface area contributed by atoms with E-state index in [-0.39, 0.29) is 5.91 Å². The summed E-state index contributed by atoms with van der Waals surface area (Å²) in [5.74, 6) is -0.0785. The predicted octanol–water partition coefficient (Wildman–Crippen LogP) is 2.18. The molecule has 0 aliphatic heterocycles. The summed E-state index contributed by atoms with van der Waals surface area (Å²) in [6.45, 7) is 1.40. The fourth-order valence-electron chi connectivity index (χ4n) is 1.82. The third kappa shape index (κ3) is 3.75. The van der Waals surface area contributed by atoms with E-state index < -0.39 is 0 Å². The zero-order chi connectivity index (χ0) is 14.5. The molecular formula is C13H15ClN4OS. The largest absolute Gasteiger partial charge is 0.355 e. The van der Waals surface area contributed by atoms with E-state index in [9.17, 15) is 4.79 Å². The molecule has 1 aromatic heterocycles. The fraction of sp³-hybridized carbons (Fsp3) is 0.308. The number of nitrogens with one attached hydrogen (secondary N) is 1. The highest BCUT2D eigenvalue weighted by molar-refractivity contribution is 7.10. The Kier molecular flexibility index (Phi) is 5.05. The Hall–Kier alpha value is -1.50. The van der Waals surface area contributed by atoms with Gasteiger partial charge in [0.15, 0.2) is 0 Å². The SMILES string of the molecule is CNC(=O)c1ccc(CN(C)Cc2nnsc2Cl)cc1. The van der Waals surface area contributed by atoms with E-state index in [1.807, 2.05) is 31.3 Å². The molecule has 0 aliphatic carbocycles. The second kappa shape index (κ2) is 6.78. The first-order chi connectivity index (χ1) is 9.60. The van der Waals surface area contributed by atoms with Gasteiger partial charge in [0, 0.05) is 37.2 Å². The number of rotatable bonds is 5. The van der Waals surface area contributed by atoms with Crippen molar-refractivity contribution in [2.24, 2.45) is 0 Å². The van der Waals surface area contributed by atoms with Gasteiger partial charge in [-0.2, -0.15) is 0 Å². The number of amides is 1. The van der Waals surface area contributed by atoms with Crippen LogP contribution in [0.25, 0.3) is 0 Å². The molecule has 0 unspecified atom stereocenters. The maximum atomic E-state index is 11.4. The standard InChI is InChI=1S/C13H15ClN4OS/c1-15-13(19)10-5-3-9(4-6-10)7-18(2)8-11-12(14)20-17-16-11/h3-6H,7-8H2,1-2H3,(H,15,19). The zero-order valence-corrected chi connectivity index (χ0v) is 12.8. The Morgan fingerprint density at radius 3 is 2.60 bits per heavy atom. The maximum absolute atomic E-state index is 11.4. The molecule has 1 amide bonds. The Balaban J connectivity index is 1.96. The monoisotopic (exact) mass is 310 g/mol. The van der Waals surface area contributed by atoms with E-state index in [0.29, 0.717) is 16.4 Å². The third-order valence-electron chi connectivity index (χ3n) is 2.82. The summed E-state index contributed by atoms with van der Waals surface area (Å²) in [4.78, 5) is 13.5. The van der Waals surface area contributed by atoms with Crippen molar-refractivity contribution in [3.8, 4) is 0 Å². The van der Waals surface area contributed by atoms with E-state index in [2.05, 4.69) is 19.8 Å². The zero-order valence-electron chi connectivity index (χ0n) is 11.3. The highest BCUT2D eigenvalue weighted by Crippen LogP contribution is 2.19. The predicted molar refractivity (Wildman–Crippen MR) is 79.9 cm³/mol. The molecule has 0 fully saturated rings. The lowest BCUT2D eigenvalue weighted by atomic mass is 10.1. The van der Waals surface area contributed by atoms with Gasteiger partial charge in [-0.15, -0.1) is 5.10 Å². The van der Waals surface area contributed by atoms with Crippen molar-refractivity contribution >= 4 is 29.0 Å². The van der Waals surface area contributed by atoms with Crippen molar-refractivity contribution in [1.82, 2.24) is 19.8 Å². The molecule has 0 bridgehead atoms. The highest BCUT2D eigenvalue weighted by atomic mass is 35.5. The molecule has 2 aromatic rings. The first-order valence-electron chi connectivity index (χ1n) is 6.06. The molecule has 0 saturated carbocycles. The first-order valence-corrected chi connectivity index (χ1v) is 7.21. The molecule has 5 nitrogen and oxygen atoms in total. The number of carbonyl (C=O) groups excluding carboxylic acids is 1. The van der Waals surface area contributed by atoms with Crippen LogP contribution in [0.4, 0.5) is 0 Å². The van der Waals surface area contributed by atoms with Gasteiger partial charge in [0.25, 0.3) is 5.91 Å². The Morgan fingerprint density at radius 2 is 2.05 bits per heavy atom. The number of hydrogen-bond acceptors (Lipinski definition) is 5. The summed E-state index contributed by atoms with van der Waals surface area (Å²) in [6.07, 6.45) is 0. The summed E-state index contributed by atoms with van der Waals surface area (Å²) < 4.78 is 4.44. The van der Waals surface area contributed by atoms with E-state index in [0.717, 1.165) is 17.8 Å². The average Bonchev–Trinajstić information content (AvgIpc) is 2.84. The molecule has 106 valence electrons. The van der Waals surface area contributed by atoms with Gasteiger partial charge in [-0.1, -0.05) is 28.2 Å². The van der Waals surface area contributed by atoms with Crippen LogP contribution in [0, 0.1) is 0 Å². The minimum Gasteiger partial charge on any atom is -0.355 e. The summed E-state index contributed by atoms with van der Waals surface area (Å²) >= 11 is 7.17. The van der Waals surface area contributed by atoms with Crippen LogP contribution in [0.2, 0.25) is 4.34 Å². The minimum atomic E-state index is -0.0785. The molecule has 1 aromatic carbocycles. The number of carbonyl (C=O) groups is 1. The molecule has 0 aliphatic rings. The lowest BCUT2D eigenvalue weighted by molar-refractivity contribution is 0.0963. The number of aromatic nitrogens is 2. The Bertz CT molecular complexity index is 584. The lowest BCUT2D eigenvalue weighted by Gasteiger charge is -2.15. The topological polar surface area (TPSA) is 58.1 Å². The van der Waals surface area contributed by atoms with Crippen molar-refractivity contribution in [2.45, 2.75) is 13.1 Å². The van der Waals surface area contributed by atoms with Crippen LogP contribution in [0.3, 0.4) is 0 Å². The molecule has 7 heteroatoms. The molecule has 20 heavy (non-hydrogen) atoms. The van der Waals surface area contributed by atoms with Crippen molar-refractivity contribution in [2.75, 3.05) is 14.1 Å². The summed E-state index contributed by atoms with van der Waals surface area (Å²) in [5, 5.41) is 6.59. The van der Waals surface area contributed by atoms with Gasteiger partial charge in [0.05, 0.1) is 0 Å². The van der Waals surface area contributed by atoms with Crippen LogP contribution in [0.1, 0.15) is 21.6 Å². The van der Waals surface area contributed by atoms with Crippen molar-refractivity contribution < 1.29 is 4.79 Å². The molecular weight excluding hydrogens is 296 g/mol. The van der Waals surface area contributed by atoms with Crippen LogP contribution >= 0.6 is 23.1 Å². The van der Waals surface area contributed by atoms with Crippen molar-refractivity contribution in [3.05, 3.63) is 45.4 Å². The summed E-state index contributed by atoms with van der Waals surface area (Å²) in [7, 11) is 3.61. The first kappa shape index (κ1) is 14.9. The van der Waals surface area contributed by atoms with Crippen LogP contribution in [-0.2, 0) is 13.1 Å². The second-order valence-corrected chi connectivity index (χ2v) is 5.80. The molecule has 1 N–H and O–H groups in total. The summed E-state index contributed by atoms with van der Waals surface area (Å²) in [5.41, 5.74) is 2.58. The number of nitrogens with zero attached hydrogens (tertiary/aromatic N) is 3. The Labute approximate surface area is 126 Å². The number of benzene rings is 1. The molecule has 0 atom stereocenters. The van der Waals surface area contributed by atoms with Crippen LogP contribution in [0.15, 0.2) is 24.3 Å². The van der Waals surface area contributed by atoms with Gasteiger partial charge in [0.2, 0.25) is 0 Å². The van der Waals surface area contributed by atoms with Gasteiger partial charge in [0.1, 0.15) is 10.0 Å². The van der Waals surface area contributed by atoms with E-state index >= 15 is 0 Å². The van der Waals surface area contributed by atoms with Crippen LogP contribution < -0.4 is 5.32 Å². The minimum absolute atomic E-state index is 0.0785. The molecule has 0 radical (unpaired) electrons. The molecule has 0 spiro atoms. The maximum Gasteiger partial charge on any atom is 0.251 e. The normalized spacial score (nSPS) is 10.8. The second-order valence-electron chi connectivity index (χ2n) is 4.44. The number of halogens is 1. The van der Waals surface area contributed by atoms with Gasteiger partial charge in [-0.05, 0) is 24.7 Å². The van der Waals surface area contributed by atoms with Crippen LogP contribution in [0.5, 0.6) is 0 Å². The van der Waals surface area contributed by atoms with Crippen LogP contribution in [-0.4, -0.2) is 34.5 Å². The average molecular weight is 311 g/mol. The Morgan fingerprint density at radius 1 is 1.35 bits per heavy atom. The van der Waals surface area contributed by atoms with Gasteiger partial charge in [-0.3, -0.25) is 9.69 Å². The van der Waals surface area contributed by atoms with Gasteiger partial charge < -0.3 is 5.32 Å². The fourth-order valence-corrected chi connectivity index (χ4v) is 2.43. The molecule has 1 heterocycles. The van der Waals surface area contributed by atoms with Crippen molar-refractivity contribution in [3.63, 3.8) is 0 Å². The number of hydrogen-bond donors (Lipinski definition) is 1. The lowest BCUT2D eigenvalue weighted by Crippen LogP contribution is -2.19. The highest BCUT2D eigenvalue weighted by Gasteiger charge is 2.09. The molecule has 2 rings (SSSR count). The third-order valence-corrected chi connectivity index (χ3v) is 3.81. The van der Waals surface area contributed by atoms with E-state index in [4.69, 9.17) is 11.6 Å². The van der Waals surface area contributed by atoms with E-state index in [1.165, 1.54) is 11.5 Å². The van der Waals surface area contributed by atoms with Gasteiger partial charge >= 0.3 is 0 Å². The summed E-state index contributed by atoms with van der Waals surface area (Å²) in [6, 6.07) is 7.53. The van der Waals surface area contributed by atoms with Gasteiger partial charge in [-0.25, -0.2) is 0 Å². The molecule has 0 saturated heterocycles. The smallest absolute Gasteiger partial charge is 0.251 e. The quantitative estimate of drug-likeness (QED) is 0.919. The van der Waals surface area contributed by atoms with Crippen molar-refractivity contribution in [1.29, 1.82) is 0 Å².